The number of aliphatic hydroxyl groups is 1. The van der Waals surface area contributed by atoms with Crippen LogP contribution in [0, 0.1) is 0 Å². The maximum atomic E-state index is 11.1. The molecule has 1 heterocycles. The van der Waals surface area contributed by atoms with E-state index in [1.165, 1.54) is 24.8 Å². The van der Waals surface area contributed by atoms with Crippen LogP contribution in [0.1, 0.15) is 49.3 Å². The molecule has 0 aromatic heterocycles. The zero-order valence-corrected chi connectivity index (χ0v) is 15.1. The van der Waals surface area contributed by atoms with E-state index >= 15 is 0 Å². The van der Waals surface area contributed by atoms with E-state index in [-0.39, 0.29) is 5.92 Å². The van der Waals surface area contributed by atoms with Crippen molar-refractivity contribution < 1.29 is 9.84 Å². The van der Waals surface area contributed by atoms with Gasteiger partial charge in [-0.25, -0.2) is 0 Å². The van der Waals surface area contributed by atoms with Gasteiger partial charge in [-0.15, -0.1) is 0 Å². The normalized spacial score (nSPS) is 17.8. The molecule has 0 bridgehead atoms. The van der Waals surface area contributed by atoms with Gasteiger partial charge in [-0.2, -0.15) is 0 Å². The summed E-state index contributed by atoms with van der Waals surface area (Å²) in [5, 5.41) is 11.1. The second-order valence-corrected chi connectivity index (χ2v) is 6.83. The number of benzene rings is 2. The Labute approximate surface area is 151 Å². The lowest BCUT2D eigenvalue weighted by molar-refractivity contribution is 0.109. The molecule has 0 amide bonds. The number of rotatable bonds is 7. The maximum Gasteiger partial charge on any atom is 0.119 e. The van der Waals surface area contributed by atoms with Crippen LogP contribution in [0.5, 0.6) is 5.75 Å². The van der Waals surface area contributed by atoms with Gasteiger partial charge < -0.3 is 14.7 Å². The molecule has 2 unspecified atom stereocenters. The van der Waals surface area contributed by atoms with Crippen LogP contribution in [0.15, 0.2) is 54.6 Å². The summed E-state index contributed by atoms with van der Waals surface area (Å²) < 4.78 is 5.52. The second kappa shape index (κ2) is 9.02. The molecule has 25 heavy (non-hydrogen) atoms. The summed E-state index contributed by atoms with van der Waals surface area (Å²) in [6.07, 6.45) is 3.34. The monoisotopic (exact) mass is 339 g/mol. The maximum absolute atomic E-state index is 11.1. The molecule has 0 aliphatic carbocycles. The lowest BCUT2D eigenvalue weighted by Gasteiger charge is -2.33. The van der Waals surface area contributed by atoms with Crippen LogP contribution in [0.4, 0.5) is 0 Å². The summed E-state index contributed by atoms with van der Waals surface area (Å²) in [5.74, 6) is 0.933. The quantitative estimate of drug-likeness (QED) is 0.812. The predicted molar refractivity (Wildman–Crippen MR) is 102 cm³/mol. The molecule has 1 N–H and O–H groups in total. The number of nitrogens with zero attached hydrogens (tertiary/aromatic N) is 1. The summed E-state index contributed by atoms with van der Waals surface area (Å²) >= 11 is 0. The van der Waals surface area contributed by atoms with E-state index < -0.39 is 6.10 Å². The summed E-state index contributed by atoms with van der Waals surface area (Å²) in [6, 6.07) is 18.3. The Morgan fingerprint density at radius 1 is 0.920 bits per heavy atom. The lowest BCUT2D eigenvalue weighted by Crippen LogP contribution is -2.35. The van der Waals surface area contributed by atoms with E-state index in [9.17, 15) is 5.11 Å². The van der Waals surface area contributed by atoms with Gasteiger partial charge in [0.05, 0.1) is 12.7 Å². The van der Waals surface area contributed by atoms with Crippen LogP contribution in [-0.4, -0.2) is 36.2 Å². The largest absolute Gasteiger partial charge is 0.494 e. The topological polar surface area (TPSA) is 32.7 Å². The van der Waals surface area contributed by atoms with Gasteiger partial charge in [0, 0.05) is 12.5 Å². The van der Waals surface area contributed by atoms with E-state index in [2.05, 4.69) is 29.2 Å². The molecule has 0 spiro atoms. The smallest absolute Gasteiger partial charge is 0.119 e. The van der Waals surface area contributed by atoms with Gasteiger partial charge in [-0.3, -0.25) is 0 Å². The molecule has 0 saturated carbocycles. The van der Waals surface area contributed by atoms with Crippen LogP contribution < -0.4 is 4.74 Å². The molecular weight excluding hydrogens is 310 g/mol. The van der Waals surface area contributed by atoms with E-state index in [0.717, 1.165) is 30.9 Å². The van der Waals surface area contributed by atoms with Gasteiger partial charge in [0.2, 0.25) is 0 Å². The molecule has 2 aromatic carbocycles. The van der Waals surface area contributed by atoms with Crippen molar-refractivity contribution in [2.24, 2.45) is 0 Å². The molecule has 3 heteroatoms. The third kappa shape index (κ3) is 4.83. The van der Waals surface area contributed by atoms with E-state index in [1.807, 2.05) is 37.3 Å². The number of ether oxygens (including phenoxy) is 1. The van der Waals surface area contributed by atoms with Gasteiger partial charge in [-0.1, -0.05) is 48.9 Å². The highest BCUT2D eigenvalue weighted by atomic mass is 16.5. The van der Waals surface area contributed by atoms with Crippen LogP contribution in [0.2, 0.25) is 0 Å². The highest BCUT2D eigenvalue weighted by Crippen LogP contribution is 2.33. The molecule has 134 valence electrons. The number of hydrogen-bond donors (Lipinski definition) is 1. The fraction of sp³-hybridized carbons (Fsp3) is 0.455. The van der Waals surface area contributed by atoms with Crippen LogP contribution in [-0.2, 0) is 0 Å². The molecule has 1 aliphatic rings. The first kappa shape index (κ1) is 18.0. The Hall–Kier alpha value is -1.84. The summed E-state index contributed by atoms with van der Waals surface area (Å²) in [6.45, 7) is 5.81. The summed E-state index contributed by atoms with van der Waals surface area (Å²) in [5.41, 5.74) is 2.16. The molecule has 0 radical (unpaired) electrons. The number of aliphatic hydroxyl groups excluding tert-OH is 1. The summed E-state index contributed by atoms with van der Waals surface area (Å²) in [7, 11) is 0. The third-order valence-electron chi connectivity index (χ3n) is 5.05. The second-order valence-electron chi connectivity index (χ2n) is 6.83. The van der Waals surface area contributed by atoms with Gasteiger partial charge >= 0.3 is 0 Å². The Morgan fingerprint density at radius 3 is 2.24 bits per heavy atom. The Morgan fingerprint density at radius 2 is 1.60 bits per heavy atom. The Balaban J connectivity index is 1.79. The van der Waals surface area contributed by atoms with E-state index in [1.54, 1.807) is 0 Å². The highest BCUT2D eigenvalue weighted by molar-refractivity contribution is 5.32. The molecule has 1 fully saturated rings. The first-order chi connectivity index (χ1) is 12.3. The van der Waals surface area contributed by atoms with Crippen molar-refractivity contribution >= 4 is 0 Å². The average Bonchev–Trinajstić information content (AvgIpc) is 2.68. The van der Waals surface area contributed by atoms with Crippen LogP contribution >= 0.6 is 0 Å². The summed E-state index contributed by atoms with van der Waals surface area (Å²) in [4.78, 5) is 2.50. The lowest BCUT2D eigenvalue weighted by atomic mass is 9.88. The first-order valence-corrected chi connectivity index (χ1v) is 9.46. The number of likely N-dealkylation sites (tertiary alicyclic amines) is 1. The fourth-order valence-electron chi connectivity index (χ4n) is 3.67. The van der Waals surface area contributed by atoms with Gasteiger partial charge in [0.15, 0.2) is 0 Å². The molecule has 3 rings (SSSR count). The van der Waals surface area contributed by atoms with Crippen molar-refractivity contribution in [2.75, 3.05) is 26.2 Å². The zero-order valence-electron chi connectivity index (χ0n) is 15.1. The first-order valence-electron chi connectivity index (χ1n) is 9.46. The van der Waals surface area contributed by atoms with Crippen LogP contribution in [0.3, 0.4) is 0 Å². The molecular formula is C22H29NO2. The van der Waals surface area contributed by atoms with Gasteiger partial charge in [0.1, 0.15) is 5.75 Å². The van der Waals surface area contributed by atoms with Crippen molar-refractivity contribution in [2.45, 2.75) is 38.2 Å². The zero-order chi connectivity index (χ0) is 17.5. The fourth-order valence-corrected chi connectivity index (χ4v) is 3.67. The van der Waals surface area contributed by atoms with Crippen molar-refractivity contribution in [1.29, 1.82) is 0 Å². The van der Waals surface area contributed by atoms with Crippen molar-refractivity contribution in [3.8, 4) is 5.75 Å². The standard InChI is InChI=1S/C22H29NO2/c1-2-25-20-13-11-19(12-14-20)22(24)21(18-9-5-3-6-10-18)17-23-15-7-4-8-16-23/h3,5-6,9-14,21-22,24H,2,4,7-8,15-17H2,1H3. The minimum Gasteiger partial charge on any atom is -0.494 e. The van der Waals surface area contributed by atoms with E-state index in [4.69, 9.17) is 4.74 Å². The number of hydrogen-bond acceptors (Lipinski definition) is 3. The van der Waals surface area contributed by atoms with Crippen LogP contribution in [0.25, 0.3) is 0 Å². The minimum atomic E-state index is -0.514. The molecule has 2 atom stereocenters. The van der Waals surface area contributed by atoms with Gasteiger partial charge in [-0.05, 0) is 56.1 Å². The predicted octanol–water partition coefficient (Wildman–Crippen LogP) is 4.39. The Kier molecular flexibility index (Phi) is 6.48. The number of piperidine rings is 1. The Bertz CT molecular complexity index is 620. The molecule has 3 nitrogen and oxygen atoms in total. The van der Waals surface area contributed by atoms with Crippen molar-refractivity contribution in [3.05, 3.63) is 65.7 Å². The molecule has 2 aromatic rings. The van der Waals surface area contributed by atoms with Gasteiger partial charge in [0.25, 0.3) is 0 Å². The average molecular weight is 339 g/mol. The SMILES string of the molecule is CCOc1ccc(C(O)C(CN2CCCCC2)c2ccccc2)cc1. The third-order valence-corrected chi connectivity index (χ3v) is 5.05. The van der Waals surface area contributed by atoms with Crippen molar-refractivity contribution in [1.82, 2.24) is 4.90 Å². The molecule has 1 aliphatic heterocycles. The van der Waals surface area contributed by atoms with Crippen molar-refractivity contribution in [3.63, 3.8) is 0 Å². The van der Waals surface area contributed by atoms with E-state index in [0.29, 0.717) is 6.61 Å². The minimum absolute atomic E-state index is 0.0808. The highest BCUT2D eigenvalue weighted by Gasteiger charge is 2.26. The molecule has 1 saturated heterocycles.